The van der Waals surface area contributed by atoms with Crippen LogP contribution in [0.3, 0.4) is 0 Å². The highest BCUT2D eigenvalue weighted by Crippen LogP contribution is 2.18. The van der Waals surface area contributed by atoms with Gasteiger partial charge in [-0.1, -0.05) is 30.3 Å². The summed E-state index contributed by atoms with van der Waals surface area (Å²) in [7, 11) is 0. The lowest BCUT2D eigenvalue weighted by molar-refractivity contribution is -0.0848. The smallest absolute Gasteiger partial charge is 0.272 e. The third kappa shape index (κ3) is 4.85. The molecule has 0 aromatic heterocycles. The molecule has 0 amide bonds. The quantitative estimate of drug-likeness (QED) is 0.789. The van der Waals surface area contributed by atoms with Crippen LogP contribution in [-0.2, 0) is 11.3 Å². The molecule has 2 N–H and O–H groups in total. The fourth-order valence-corrected chi connectivity index (χ4v) is 1.18. The van der Waals surface area contributed by atoms with Gasteiger partial charge in [-0.2, -0.15) is 0 Å². The fraction of sp³-hybridized carbons (Fsp3) is 0.455. The molecule has 0 saturated heterocycles. The van der Waals surface area contributed by atoms with E-state index in [1.807, 2.05) is 30.3 Å². The summed E-state index contributed by atoms with van der Waals surface area (Å²) in [6.45, 7) is -0.387. The molecule has 0 spiro atoms. The monoisotopic (exact) mass is 215 g/mol. The molecule has 0 fully saturated rings. The summed E-state index contributed by atoms with van der Waals surface area (Å²) < 4.78 is 30.8. The van der Waals surface area contributed by atoms with Crippen LogP contribution in [0.15, 0.2) is 30.3 Å². The molecule has 0 aliphatic heterocycles. The van der Waals surface area contributed by atoms with Gasteiger partial charge in [0.05, 0.1) is 6.61 Å². The highest BCUT2D eigenvalue weighted by molar-refractivity contribution is 5.13. The molecule has 15 heavy (non-hydrogen) atoms. The molecule has 0 aliphatic carbocycles. The van der Waals surface area contributed by atoms with Crippen LogP contribution in [0.25, 0.3) is 0 Å². The van der Waals surface area contributed by atoms with Crippen molar-refractivity contribution in [3.63, 3.8) is 0 Å². The van der Waals surface area contributed by atoms with Crippen molar-refractivity contribution in [3.05, 3.63) is 35.9 Å². The Hall–Kier alpha value is -1.00. The number of rotatable bonds is 6. The molecule has 0 atom stereocenters. The SMILES string of the molecule is NCCC(F)(F)COCc1ccccc1. The van der Waals surface area contributed by atoms with Crippen LogP contribution in [0, 0.1) is 0 Å². The van der Waals surface area contributed by atoms with Crippen LogP contribution < -0.4 is 5.73 Å². The molecule has 0 saturated carbocycles. The van der Waals surface area contributed by atoms with Gasteiger partial charge >= 0.3 is 0 Å². The minimum absolute atomic E-state index is 0.0261. The van der Waals surface area contributed by atoms with E-state index in [-0.39, 0.29) is 19.6 Å². The number of nitrogens with two attached hydrogens (primary N) is 1. The van der Waals surface area contributed by atoms with Crippen molar-refractivity contribution in [2.24, 2.45) is 5.73 Å². The zero-order valence-electron chi connectivity index (χ0n) is 8.46. The Morgan fingerprint density at radius 2 is 1.87 bits per heavy atom. The summed E-state index contributed by atoms with van der Waals surface area (Å²) in [4.78, 5) is 0. The number of hydrogen-bond acceptors (Lipinski definition) is 2. The van der Waals surface area contributed by atoms with E-state index >= 15 is 0 Å². The van der Waals surface area contributed by atoms with Crippen LogP contribution >= 0.6 is 0 Å². The van der Waals surface area contributed by atoms with Crippen LogP contribution in [0.5, 0.6) is 0 Å². The minimum atomic E-state index is -2.82. The van der Waals surface area contributed by atoms with Crippen LogP contribution in [0.2, 0.25) is 0 Å². The molecule has 0 bridgehead atoms. The number of ether oxygens (including phenoxy) is 1. The van der Waals surface area contributed by atoms with Crippen molar-refractivity contribution in [1.82, 2.24) is 0 Å². The number of benzene rings is 1. The molecular weight excluding hydrogens is 200 g/mol. The predicted octanol–water partition coefficient (Wildman–Crippen LogP) is 2.19. The predicted molar refractivity (Wildman–Crippen MR) is 54.7 cm³/mol. The van der Waals surface area contributed by atoms with Gasteiger partial charge in [-0.3, -0.25) is 0 Å². The highest BCUT2D eigenvalue weighted by Gasteiger charge is 2.27. The van der Waals surface area contributed by atoms with E-state index < -0.39 is 12.5 Å². The standard InChI is InChI=1S/C11H15F2NO/c12-11(13,6-7-14)9-15-8-10-4-2-1-3-5-10/h1-5H,6-9,14H2. The Morgan fingerprint density at radius 3 is 2.47 bits per heavy atom. The first kappa shape index (κ1) is 12.1. The third-order valence-electron chi connectivity index (χ3n) is 1.93. The average molecular weight is 215 g/mol. The normalized spacial score (nSPS) is 11.7. The van der Waals surface area contributed by atoms with E-state index in [2.05, 4.69) is 0 Å². The van der Waals surface area contributed by atoms with E-state index in [9.17, 15) is 8.78 Å². The zero-order chi connectivity index (χ0) is 11.1. The second-order valence-electron chi connectivity index (χ2n) is 3.37. The van der Waals surface area contributed by atoms with Gasteiger partial charge in [-0.15, -0.1) is 0 Å². The highest BCUT2D eigenvalue weighted by atomic mass is 19.3. The lowest BCUT2D eigenvalue weighted by Crippen LogP contribution is -2.26. The van der Waals surface area contributed by atoms with E-state index in [0.29, 0.717) is 0 Å². The van der Waals surface area contributed by atoms with Crippen molar-refractivity contribution < 1.29 is 13.5 Å². The van der Waals surface area contributed by atoms with Crippen molar-refractivity contribution >= 4 is 0 Å². The Balaban J connectivity index is 2.27. The van der Waals surface area contributed by atoms with Gasteiger partial charge in [-0.05, 0) is 12.1 Å². The van der Waals surface area contributed by atoms with E-state index in [1.54, 1.807) is 0 Å². The molecule has 1 rings (SSSR count). The Bertz CT molecular complexity index is 277. The van der Waals surface area contributed by atoms with Crippen LogP contribution in [0.1, 0.15) is 12.0 Å². The van der Waals surface area contributed by atoms with Crippen LogP contribution in [0.4, 0.5) is 8.78 Å². The first-order valence-electron chi connectivity index (χ1n) is 4.83. The van der Waals surface area contributed by atoms with Gasteiger partial charge in [0.2, 0.25) is 0 Å². The number of alkyl halides is 2. The maximum absolute atomic E-state index is 12.9. The second-order valence-corrected chi connectivity index (χ2v) is 3.37. The first-order valence-corrected chi connectivity index (χ1v) is 4.83. The van der Waals surface area contributed by atoms with Crippen molar-refractivity contribution in [1.29, 1.82) is 0 Å². The van der Waals surface area contributed by atoms with Crippen LogP contribution in [-0.4, -0.2) is 19.1 Å². The van der Waals surface area contributed by atoms with Crippen molar-refractivity contribution in [2.45, 2.75) is 19.0 Å². The van der Waals surface area contributed by atoms with Crippen molar-refractivity contribution in [3.8, 4) is 0 Å². The Kier molecular flexibility index (Phi) is 4.65. The Labute approximate surface area is 88.0 Å². The molecule has 2 nitrogen and oxygen atoms in total. The summed E-state index contributed by atoms with van der Waals surface area (Å²) in [6.07, 6.45) is -0.332. The molecular formula is C11H15F2NO. The third-order valence-corrected chi connectivity index (χ3v) is 1.93. The molecule has 1 aromatic carbocycles. The Morgan fingerprint density at radius 1 is 1.20 bits per heavy atom. The summed E-state index contributed by atoms with van der Waals surface area (Å²) in [5.41, 5.74) is 5.95. The molecule has 0 unspecified atom stereocenters. The largest absolute Gasteiger partial charge is 0.371 e. The van der Waals surface area contributed by atoms with Gasteiger partial charge in [0.25, 0.3) is 5.92 Å². The van der Waals surface area contributed by atoms with E-state index in [4.69, 9.17) is 10.5 Å². The summed E-state index contributed by atoms with van der Waals surface area (Å²) >= 11 is 0. The summed E-state index contributed by atoms with van der Waals surface area (Å²) in [6, 6.07) is 9.22. The second kappa shape index (κ2) is 5.78. The van der Waals surface area contributed by atoms with Gasteiger partial charge in [0.1, 0.15) is 6.61 Å². The van der Waals surface area contributed by atoms with E-state index in [1.165, 1.54) is 0 Å². The maximum atomic E-state index is 12.9. The van der Waals surface area contributed by atoms with Gasteiger partial charge < -0.3 is 10.5 Å². The molecule has 0 radical (unpaired) electrons. The maximum Gasteiger partial charge on any atom is 0.272 e. The zero-order valence-corrected chi connectivity index (χ0v) is 8.46. The lowest BCUT2D eigenvalue weighted by Gasteiger charge is -2.15. The fourth-order valence-electron chi connectivity index (χ4n) is 1.18. The van der Waals surface area contributed by atoms with Crippen molar-refractivity contribution in [2.75, 3.05) is 13.2 Å². The average Bonchev–Trinajstić information content (AvgIpc) is 2.19. The summed E-state index contributed by atoms with van der Waals surface area (Å²) in [5, 5.41) is 0. The summed E-state index contributed by atoms with van der Waals surface area (Å²) in [5.74, 6) is -2.82. The molecule has 1 aromatic rings. The minimum Gasteiger partial charge on any atom is -0.371 e. The van der Waals surface area contributed by atoms with Gasteiger partial charge in [0.15, 0.2) is 0 Å². The van der Waals surface area contributed by atoms with Gasteiger partial charge in [0, 0.05) is 6.42 Å². The molecule has 0 heterocycles. The molecule has 84 valence electrons. The van der Waals surface area contributed by atoms with Gasteiger partial charge in [-0.25, -0.2) is 8.78 Å². The lowest BCUT2D eigenvalue weighted by atomic mass is 10.2. The number of hydrogen-bond donors (Lipinski definition) is 1. The molecule has 4 heteroatoms. The first-order chi connectivity index (χ1) is 7.14. The topological polar surface area (TPSA) is 35.2 Å². The van der Waals surface area contributed by atoms with E-state index in [0.717, 1.165) is 5.56 Å². The molecule has 0 aliphatic rings. The number of halogens is 2.